The molecule has 0 spiro atoms. The zero-order valence-corrected chi connectivity index (χ0v) is 12.5. The van der Waals surface area contributed by atoms with Crippen LogP contribution in [0.2, 0.25) is 0 Å². The van der Waals surface area contributed by atoms with E-state index >= 15 is 0 Å². The van der Waals surface area contributed by atoms with Crippen LogP contribution in [0.5, 0.6) is 0 Å². The number of benzene rings is 1. The molecule has 0 aliphatic carbocycles. The summed E-state index contributed by atoms with van der Waals surface area (Å²) in [5.74, 6) is -0.807. The number of ether oxygens (including phenoxy) is 1. The summed E-state index contributed by atoms with van der Waals surface area (Å²) < 4.78 is 31.2. The van der Waals surface area contributed by atoms with Crippen LogP contribution in [0.4, 0.5) is 0 Å². The first-order chi connectivity index (χ1) is 9.27. The van der Waals surface area contributed by atoms with E-state index in [1.807, 2.05) is 6.92 Å². The maximum absolute atomic E-state index is 12.1. The van der Waals surface area contributed by atoms with Crippen molar-refractivity contribution in [2.24, 2.45) is 0 Å². The Morgan fingerprint density at radius 3 is 2.35 bits per heavy atom. The van der Waals surface area contributed by atoms with Gasteiger partial charge in [-0.05, 0) is 32.9 Å². The predicted octanol–water partition coefficient (Wildman–Crippen LogP) is 0.586. The summed E-state index contributed by atoms with van der Waals surface area (Å²) in [5.41, 5.74) is 0.918. The molecule has 0 aliphatic rings. The number of hydrogen-bond donors (Lipinski definition) is 2. The predicted molar refractivity (Wildman–Crippen MR) is 73.6 cm³/mol. The van der Waals surface area contributed by atoms with Gasteiger partial charge in [-0.15, -0.1) is 0 Å². The molecular formula is C13H19NO5S. The van der Waals surface area contributed by atoms with Crippen LogP contribution in [0.25, 0.3) is 0 Å². The highest BCUT2D eigenvalue weighted by molar-refractivity contribution is 7.89. The van der Waals surface area contributed by atoms with Crippen molar-refractivity contribution in [3.8, 4) is 0 Å². The first kappa shape index (κ1) is 16.6. The van der Waals surface area contributed by atoms with Gasteiger partial charge in [0, 0.05) is 0 Å². The van der Waals surface area contributed by atoms with Crippen LogP contribution in [0.1, 0.15) is 19.4 Å². The van der Waals surface area contributed by atoms with Gasteiger partial charge in [0.05, 0.1) is 17.6 Å². The fourth-order valence-corrected chi connectivity index (χ4v) is 2.79. The van der Waals surface area contributed by atoms with Crippen LogP contribution >= 0.6 is 0 Å². The van der Waals surface area contributed by atoms with Gasteiger partial charge in [-0.25, -0.2) is 8.42 Å². The van der Waals surface area contributed by atoms with Gasteiger partial charge in [0.15, 0.2) is 0 Å². The van der Waals surface area contributed by atoms with E-state index in [-0.39, 0.29) is 11.5 Å². The average Bonchev–Trinajstić information content (AvgIpc) is 2.36. The molecule has 0 saturated heterocycles. The molecule has 1 aromatic rings. The first-order valence-electron chi connectivity index (χ1n) is 6.21. The second-order valence-electron chi connectivity index (χ2n) is 4.40. The van der Waals surface area contributed by atoms with Crippen LogP contribution < -0.4 is 4.72 Å². The minimum atomic E-state index is -3.90. The van der Waals surface area contributed by atoms with Gasteiger partial charge in [0.25, 0.3) is 0 Å². The third-order valence-corrected chi connectivity index (χ3v) is 4.09. The van der Waals surface area contributed by atoms with Gasteiger partial charge in [-0.3, -0.25) is 4.79 Å². The van der Waals surface area contributed by atoms with Crippen LogP contribution in [0.3, 0.4) is 0 Å². The Kier molecular flexibility index (Phi) is 5.67. The summed E-state index contributed by atoms with van der Waals surface area (Å²) in [5, 5.41) is 9.54. The summed E-state index contributed by atoms with van der Waals surface area (Å²) in [7, 11) is -3.90. The van der Waals surface area contributed by atoms with E-state index in [1.165, 1.54) is 19.1 Å². The van der Waals surface area contributed by atoms with Crippen LogP contribution in [0.15, 0.2) is 29.2 Å². The van der Waals surface area contributed by atoms with Crippen molar-refractivity contribution < 1.29 is 23.1 Å². The molecule has 112 valence electrons. The summed E-state index contributed by atoms with van der Waals surface area (Å²) in [6, 6.07) is 4.83. The molecule has 1 aromatic carbocycles. The lowest BCUT2D eigenvalue weighted by Gasteiger charge is -2.19. The second-order valence-corrected chi connectivity index (χ2v) is 6.12. The molecule has 20 heavy (non-hydrogen) atoms. The fraction of sp³-hybridized carbons (Fsp3) is 0.462. The first-order valence-corrected chi connectivity index (χ1v) is 7.70. The standard InChI is InChI=1S/C13H19NO5S/c1-4-19-13(16)12(10(3)15)14-20(17,18)11-7-5-9(2)6-8-11/h5-8,10,12,14-15H,4H2,1-3H3/t10-,12+/m1/s1. The lowest BCUT2D eigenvalue weighted by Crippen LogP contribution is -2.48. The zero-order valence-electron chi connectivity index (χ0n) is 11.7. The fourth-order valence-electron chi connectivity index (χ4n) is 1.53. The van der Waals surface area contributed by atoms with Gasteiger partial charge in [-0.2, -0.15) is 4.72 Å². The lowest BCUT2D eigenvalue weighted by molar-refractivity contribution is -0.147. The minimum absolute atomic E-state index is 0.0260. The van der Waals surface area contributed by atoms with Gasteiger partial charge in [0.1, 0.15) is 6.04 Å². The monoisotopic (exact) mass is 301 g/mol. The molecule has 1 rings (SSSR count). The van der Waals surface area contributed by atoms with Gasteiger partial charge in [-0.1, -0.05) is 17.7 Å². The van der Waals surface area contributed by atoms with E-state index in [0.717, 1.165) is 5.56 Å². The number of carbonyl (C=O) groups excluding carboxylic acids is 1. The highest BCUT2D eigenvalue weighted by Gasteiger charge is 2.30. The molecule has 0 aromatic heterocycles. The summed E-state index contributed by atoms with van der Waals surface area (Å²) in [6.45, 7) is 4.86. The van der Waals surface area contributed by atoms with E-state index in [9.17, 15) is 18.3 Å². The summed E-state index contributed by atoms with van der Waals surface area (Å²) in [6.07, 6.45) is -1.20. The van der Waals surface area contributed by atoms with Crippen molar-refractivity contribution >= 4 is 16.0 Å². The van der Waals surface area contributed by atoms with Gasteiger partial charge >= 0.3 is 5.97 Å². The smallest absolute Gasteiger partial charge is 0.326 e. The maximum Gasteiger partial charge on any atom is 0.326 e. The summed E-state index contributed by atoms with van der Waals surface area (Å²) in [4.78, 5) is 11.7. The number of sulfonamides is 1. The van der Waals surface area contributed by atoms with Crippen LogP contribution in [0, 0.1) is 6.92 Å². The van der Waals surface area contributed by atoms with E-state index in [0.29, 0.717) is 0 Å². The molecule has 0 radical (unpaired) electrons. The minimum Gasteiger partial charge on any atom is -0.465 e. The molecule has 0 saturated carbocycles. The van der Waals surface area contributed by atoms with Crippen molar-refractivity contribution in [3.05, 3.63) is 29.8 Å². The number of rotatable bonds is 6. The summed E-state index contributed by atoms with van der Waals surface area (Å²) >= 11 is 0. The van der Waals surface area contributed by atoms with E-state index in [4.69, 9.17) is 4.74 Å². The van der Waals surface area contributed by atoms with E-state index < -0.39 is 28.1 Å². The molecule has 2 N–H and O–H groups in total. The van der Waals surface area contributed by atoms with E-state index in [1.54, 1.807) is 19.1 Å². The Morgan fingerprint density at radius 2 is 1.90 bits per heavy atom. The molecule has 0 bridgehead atoms. The number of esters is 1. The molecule has 0 aliphatic heterocycles. The number of nitrogens with one attached hydrogen (secondary N) is 1. The third kappa shape index (κ3) is 4.29. The number of aliphatic hydroxyl groups excluding tert-OH is 1. The van der Waals surface area contributed by atoms with E-state index in [2.05, 4.69) is 4.72 Å². The van der Waals surface area contributed by atoms with Gasteiger partial charge < -0.3 is 9.84 Å². The molecule has 0 unspecified atom stereocenters. The Bertz CT molecular complexity index is 551. The highest BCUT2D eigenvalue weighted by atomic mass is 32.2. The molecular weight excluding hydrogens is 282 g/mol. The molecule has 2 atom stereocenters. The van der Waals surface area contributed by atoms with Crippen molar-refractivity contribution in [1.82, 2.24) is 4.72 Å². The number of carbonyl (C=O) groups is 1. The Morgan fingerprint density at radius 1 is 1.35 bits per heavy atom. The van der Waals surface area contributed by atoms with Crippen molar-refractivity contribution in [2.75, 3.05) is 6.61 Å². The lowest BCUT2D eigenvalue weighted by atomic mass is 10.2. The zero-order chi connectivity index (χ0) is 15.3. The SMILES string of the molecule is CCOC(=O)[C@@H](NS(=O)(=O)c1ccc(C)cc1)[C@@H](C)O. The van der Waals surface area contributed by atoms with Gasteiger partial charge in [0.2, 0.25) is 10.0 Å². The normalized spacial score (nSPS) is 14.6. The Hall–Kier alpha value is -1.44. The number of hydrogen-bond acceptors (Lipinski definition) is 5. The largest absolute Gasteiger partial charge is 0.465 e. The Balaban J connectivity index is 2.97. The van der Waals surface area contributed by atoms with Crippen LogP contribution in [-0.2, 0) is 19.6 Å². The molecule has 0 heterocycles. The number of aliphatic hydroxyl groups is 1. The topological polar surface area (TPSA) is 92.7 Å². The molecule has 7 heteroatoms. The van der Waals surface area contributed by atoms with Crippen molar-refractivity contribution in [3.63, 3.8) is 0 Å². The highest BCUT2D eigenvalue weighted by Crippen LogP contribution is 2.11. The average molecular weight is 301 g/mol. The van der Waals surface area contributed by atoms with Crippen LogP contribution in [-0.4, -0.2) is 38.2 Å². The Labute approximate surface area is 118 Å². The maximum atomic E-state index is 12.1. The van der Waals surface area contributed by atoms with Crippen molar-refractivity contribution in [1.29, 1.82) is 0 Å². The number of aryl methyl sites for hydroxylation is 1. The third-order valence-electron chi connectivity index (χ3n) is 2.64. The molecule has 0 amide bonds. The quantitative estimate of drug-likeness (QED) is 0.750. The molecule has 0 fully saturated rings. The second kappa shape index (κ2) is 6.83. The molecule has 6 nitrogen and oxygen atoms in total. The van der Waals surface area contributed by atoms with Crippen molar-refractivity contribution in [2.45, 2.75) is 37.8 Å².